The van der Waals surface area contributed by atoms with Crippen molar-refractivity contribution in [3.63, 3.8) is 0 Å². The maximum atomic E-state index is 6.20. The Labute approximate surface area is 127 Å². The van der Waals surface area contributed by atoms with Gasteiger partial charge in [-0.2, -0.15) is 0 Å². The van der Waals surface area contributed by atoms with E-state index in [0.717, 1.165) is 17.7 Å². The second-order valence-corrected chi connectivity index (χ2v) is 4.97. The highest BCUT2D eigenvalue weighted by Gasteiger charge is 2.13. The van der Waals surface area contributed by atoms with Gasteiger partial charge in [0.15, 0.2) is 11.5 Å². The summed E-state index contributed by atoms with van der Waals surface area (Å²) in [6.45, 7) is 2.05. The van der Waals surface area contributed by atoms with Crippen LogP contribution >= 0.6 is 23.8 Å². The van der Waals surface area contributed by atoms with Crippen LogP contribution in [0, 0.1) is 4.64 Å². The van der Waals surface area contributed by atoms with Crippen LogP contribution in [0.25, 0.3) is 11.4 Å². The normalized spacial score (nSPS) is 10.4. The molecule has 0 spiro atoms. The molecule has 1 aromatic heterocycles. The summed E-state index contributed by atoms with van der Waals surface area (Å²) in [6.07, 6.45) is 0.847. The summed E-state index contributed by atoms with van der Waals surface area (Å²) in [5.74, 6) is 1.72. The van der Waals surface area contributed by atoms with Gasteiger partial charge in [0, 0.05) is 11.3 Å². The number of halogens is 1. The minimum Gasteiger partial charge on any atom is -0.493 e. The summed E-state index contributed by atoms with van der Waals surface area (Å²) in [7, 11) is 3.11. The molecule has 0 aliphatic heterocycles. The lowest BCUT2D eigenvalue weighted by Crippen LogP contribution is -1.97. The lowest BCUT2D eigenvalue weighted by molar-refractivity contribution is 0.355. The molecule has 106 valence electrons. The minimum atomic E-state index is 0.463. The topological polar surface area (TPSA) is 47.1 Å². The highest BCUT2D eigenvalue weighted by molar-refractivity contribution is 7.71. The SMILES string of the molecule is CCc1cc(=S)nc(-c2cc(Cl)c(OC)c(OC)c2)[nH]1. The van der Waals surface area contributed by atoms with Crippen LogP contribution in [-0.4, -0.2) is 24.2 Å². The molecule has 0 bridgehead atoms. The lowest BCUT2D eigenvalue weighted by Gasteiger charge is -2.12. The number of nitrogens with zero attached hydrogens (tertiary/aromatic N) is 1. The Morgan fingerprint density at radius 1 is 1.25 bits per heavy atom. The number of hydrogen-bond donors (Lipinski definition) is 1. The van der Waals surface area contributed by atoms with E-state index in [1.54, 1.807) is 20.3 Å². The van der Waals surface area contributed by atoms with Gasteiger partial charge in [0.05, 0.1) is 19.2 Å². The Balaban J connectivity index is 2.61. The fourth-order valence-corrected chi connectivity index (χ4v) is 2.41. The van der Waals surface area contributed by atoms with Crippen LogP contribution in [0.1, 0.15) is 12.6 Å². The summed E-state index contributed by atoms with van der Waals surface area (Å²) < 4.78 is 11.1. The van der Waals surface area contributed by atoms with Gasteiger partial charge in [-0.25, -0.2) is 4.98 Å². The van der Waals surface area contributed by atoms with Crippen molar-refractivity contribution in [2.45, 2.75) is 13.3 Å². The molecule has 0 radical (unpaired) electrons. The largest absolute Gasteiger partial charge is 0.493 e. The first-order valence-electron chi connectivity index (χ1n) is 6.11. The van der Waals surface area contributed by atoms with Crippen molar-refractivity contribution in [3.8, 4) is 22.9 Å². The molecule has 2 aromatic rings. The van der Waals surface area contributed by atoms with Gasteiger partial charge >= 0.3 is 0 Å². The van der Waals surface area contributed by atoms with Crippen molar-refractivity contribution in [2.24, 2.45) is 0 Å². The molecule has 6 heteroatoms. The van der Waals surface area contributed by atoms with Gasteiger partial charge < -0.3 is 14.5 Å². The van der Waals surface area contributed by atoms with Gasteiger partial charge in [-0.3, -0.25) is 0 Å². The average molecular weight is 311 g/mol. The smallest absolute Gasteiger partial charge is 0.179 e. The van der Waals surface area contributed by atoms with E-state index in [0.29, 0.717) is 27.0 Å². The van der Waals surface area contributed by atoms with Crippen molar-refractivity contribution in [1.82, 2.24) is 9.97 Å². The predicted molar refractivity (Wildman–Crippen MR) is 82.3 cm³/mol. The van der Waals surface area contributed by atoms with Crippen LogP contribution in [0.3, 0.4) is 0 Å². The number of benzene rings is 1. The highest BCUT2D eigenvalue weighted by Crippen LogP contribution is 2.38. The van der Waals surface area contributed by atoms with Gasteiger partial charge in [0.2, 0.25) is 0 Å². The number of aromatic amines is 1. The van der Waals surface area contributed by atoms with Crippen LogP contribution in [0.2, 0.25) is 5.02 Å². The van der Waals surface area contributed by atoms with E-state index in [2.05, 4.69) is 9.97 Å². The number of nitrogens with one attached hydrogen (secondary N) is 1. The maximum absolute atomic E-state index is 6.20. The molecule has 1 aromatic carbocycles. The molecular weight excluding hydrogens is 296 g/mol. The maximum Gasteiger partial charge on any atom is 0.179 e. The van der Waals surface area contributed by atoms with E-state index in [1.165, 1.54) is 0 Å². The predicted octanol–water partition coefficient (Wildman–Crippen LogP) is 4.04. The van der Waals surface area contributed by atoms with Crippen molar-refractivity contribution in [3.05, 3.63) is 33.6 Å². The number of methoxy groups -OCH3 is 2. The summed E-state index contributed by atoms with van der Waals surface area (Å²) >= 11 is 11.4. The molecular formula is C14H15ClN2O2S. The molecule has 0 fully saturated rings. The quantitative estimate of drug-likeness (QED) is 0.866. The second kappa shape index (κ2) is 6.24. The zero-order valence-corrected chi connectivity index (χ0v) is 13.1. The molecule has 0 saturated carbocycles. The number of rotatable bonds is 4. The number of aromatic nitrogens is 2. The minimum absolute atomic E-state index is 0.463. The second-order valence-electron chi connectivity index (χ2n) is 4.14. The third-order valence-electron chi connectivity index (χ3n) is 2.89. The number of ether oxygens (including phenoxy) is 2. The van der Waals surface area contributed by atoms with Crippen molar-refractivity contribution in [2.75, 3.05) is 14.2 Å². The summed E-state index contributed by atoms with van der Waals surface area (Å²) in [5, 5.41) is 0.463. The van der Waals surface area contributed by atoms with Gasteiger partial charge in [-0.15, -0.1) is 0 Å². The zero-order valence-electron chi connectivity index (χ0n) is 11.5. The molecule has 0 atom stereocenters. The number of hydrogen-bond acceptors (Lipinski definition) is 4. The Bertz CT molecular complexity index is 685. The van der Waals surface area contributed by atoms with Crippen molar-refractivity contribution in [1.29, 1.82) is 0 Å². The van der Waals surface area contributed by atoms with E-state index < -0.39 is 0 Å². The summed E-state index contributed by atoms with van der Waals surface area (Å²) in [5.41, 5.74) is 1.82. The van der Waals surface area contributed by atoms with E-state index in [-0.39, 0.29) is 0 Å². The van der Waals surface area contributed by atoms with Gasteiger partial charge in [0.1, 0.15) is 10.5 Å². The zero-order chi connectivity index (χ0) is 14.7. The van der Waals surface area contributed by atoms with Crippen LogP contribution in [0.5, 0.6) is 11.5 Å². The molecule has 4 nitrogen and oxygen atoms in total. The third kappa shape index (κ3) is 2.94. The first-order valence-corrected chi connectivity index (χ1v) is 6.89. The Morgan fingerprint density at radius 2 is 2.00 bits per heavy atom. The fraction of sp³-hybridized carbons (Fsp3) is 0.286. The highest BCUT2D eigenvalue weighted by atomic mass is 35.5. The van der Waals surface area contributed by atoms with Crippen molar-refractivity contribution < 1.29 is 9.47 Å². The molecule has 0 amide bonds. The van der Waals surface area contributed by atoms with Crippen LogP contribution in [-0.2, 0) is 6.42 Å². The van der Waals surface area contributed by atoms with E-state index in [1.807, 2.05) is 19.1 Å². The van der Waals surface area contributed by atoms with E-state index >= 15 is 0 Å². The van der Waals surface area contributed by atoms with E-state index in [4.69, 9.17) is 33.3 Å². The van der Waals surface area contributed by atoms with Gasteiger partial charge in [-0.05, 0) is 24.6 Å². The fourth-order valence-electron chi connectivity index (χ4n) is 1.89. The van der Waals surface area contributed by atoms with Crippen LogP contribution in [0.4, 0.5) is 0 Å². The monoisotopic (exact) mass is 310 g/mol. The third-order valence-corrected chi connectivity index (χ3v) is 3.38. The molecule has 0 saturated heterocycles. The van der Waals surface area contributed by atoms with Gasteiger partial charge in [-0.1, -0.05) is 30.7 Å². The van der Waals surface area contributed by atoms with Crippen LogP contribution in [0.15, 0.2) is 18.2 Å². The average Bonchev–Trinajstić information content (AvgIpc) is 2.45. The Kier molecular flexibility index (Phi) is 4.62. The summed E-state index contributed by atoms with van der Waals surface area (Å²) in [4.78, 5) is 7.56. The first kappa shape index (κ1) is 14.8. The molecule has 0 aliphatic rings. The standard InChI is InChI=1S/C14H15ClN2O2S/c1-4-9-7-12(20)17-14(16-9)8-5-10(15)13(19-3)11(6-8)18-2/h5-7H,4H2,1-3H3,(H,16,17,20). The number of aryl methyl sites for hydroxylation is 1. The summed E-state index contributed by atoms with van der Waals surface area (Å²) in [6, 6.07) is 5.44. The van der Waals surface area contributed by atoms with Crippen LogP contribution < -0.4 is 9.47 Å². The number of H-pyrrole nitrogens is 1. The van der Waals surface area contributed by atoms with E-state index in [9.17, 15) is 0 Å². The molecule has 20 heavy (non-hydrogen) atoms. The van der Waals surface area contributed by atoms with Gasteiger partial charge in [0.25, 0.3) is 0 Å². The Morgan fingerprint density at radius 3 is 2.60 bits per heavy atom. The van der Waals surface area contributed by atoms with Crippen molar-refractivity contribution >= 4 is 23.8 Å². The Hall–Kier alpha value is -1.59. The lowest BCUT2D eigenvalue weighted by atomic mass is 10.1. The molecule has 1 N–H and O–H groups in total. The molecule has 1 heterocycles. The first-order chi connectivity index (χ1) is 9.58. The molecule has 0 unspecified atom stereocenters. The molecule has 0 aliphatic carbocycles. The molecule has 2 rings (SSSR count).